The molecule has 2 aromatic rings. The van der Waals surface area contributed by atoms with Crippen LogP contribution in [0.25, 0.3) is 0 Å². The van der Waals surface area contributed by atoms with Gasteiger partial charge in [0.15, 0.2) is 0 Å². The van der Waals surface area contributed by atoms with E-state index in [-0.39, 0.29) is 12.4 Å². The van der Waals surface area contributed by atoms with Crippen LogP contribution < -0.4 is 5.32 Å². The van der Waals surface area contributed by atoms with Crippen LogP contribution in [0.1, 0.15) is 21.5 Å². The predicted octanol–water partition coefficient (Wildman–Crippen LogP) is 4.19. The molecule has 0 radical (unpaired) electrons. The van der Waals surface area contributed by atoms with Crippen LogP contribution in [-0.4, -0.2) is 13.1 Å². The number of benzene rings is 2. The van der Waals surface area contributed by atoms with E-state index in [1.54, 1.807) is 24.3 Å². The Kier molecular flexibility index (Phi) is 4.81. The summed E-state index contributed by atoms with van der Waals surface area (Å²) in [4.78, 5) is 11.8. The van der Waals surface area contributed by atoms with E-state index in [0.29, 0.717) is 21.8 Å². The number of hydrogen-bond acceptors (Lipinski definition) is 3. The van der Waals surface area contributed by atoms with Crippen LogP contribution in [0.4, 0.5) is 10.1 Å². The molecule has 0 aliphatic rings. The van der Waals surface area contributed by atoms with E-state index >= 15 is 0 Å². The summed E-state index contributed by atoms with van der Waals surface area (Å²) in [5.74, 6) is -0.831. The second-order valence-electron chi connectivity index (χ2n) is 4.59. The molecule has 0 fully saturated rings. The van der Waals surface area contributed by atoms with Gasteiger partial charge in [-0.2, -0.15) is 0 Å². The van der Waals surface area contributed by atoms with E-state index in [0.717, 1.165) is 5.56 Å². The Labute approximate surface area is 127 Å². The molecule has 0 amide bonds. The number of methoxy groups -OCH3 is 1. The van der Waals surface area contributed by atoms with Crippen LogP contribution in [-0.2, 0) is 11.3 Å². The average molecular weight is 308 g/mol. The number of halogens is 2. The number of carbonyl (C=O) groups is 1. The maximum Gasteiger partial charge on any atom is 0.339 e. The normalized spacial score (nSPS) is 10.3. The zero-order valence-electron chi connectivity index (χ0n) is 11.7. The minimum absolute atomic E-state index is 0.179. The van der Waals surface area contributed by atoms with Crippen LogP contribution in [0.15, 0.2) is 36.4 Å². The van der Waals surface area contributed by atoms with Crippen LogP contribution in [0.3, 0.4) is 0 Å². The first-order valence-electron chi connectivity index (χ1n) is 6.38. The highest BCUT2D eigenvalue weighted by molar-refractivity contribution is 6.31. The molecule has 0 aliphatic carbocycles. The molecule has 0 bridgehead atoms. The summed E-state index contributed by atoms with van der Waals surface area (Å²) in [7, 11) is 1.32. The Bertz CT molecular complexity index is 653. The van der Waals surface area contributed by atoms with Crippen molar-refractivity contribution in [1.29, 1.82) is 0 Å². The first-order valence-corrected chi connectivity index (χ1v) is 6.76. The quantitative estimate of drug-likeness (QED) is 0.861. The van der Waals surface area contributed by atoms with Gasteiger partial charge in [-0.15, -0.1) is 0 Å². The lowest BCUT2D eigenvalue weighted by molar-refractivity contribution is 0.0601. The van der Waals surface area contributed by atoms with Crippen LogP contribution in [0.2, 0.25) is 5.02 Å². The van der Waals surface area contributed by atoms with Gasteiger partial charge < -0.3 is 10.1 Å². The fourth-order valence-corrected chi connectivity index (χ4v) is 2.21. The van der Waals surface area contributed by atoms with E-state index < -0.39 is 5.97 Å². The molecule has 1 N–H and O–H groups in total. The number of anilines is 1. The van der Waals surface area contributed by atoms with Gasteiger partial charge in [-0.05, 0) is 31.2 Å². The monoisotopic (exact) mass is 307 g/mol. The minimum atomic E-state index is -0.444. The summed E-state index contributed by atoms with van der Waals surface area (Å²) in [6, 6.07) is 9.86. The third kappa shape index (κ3) is 3.52. The van der Waals surface area contributed by atoms with E-state index in [4.69, 9.17) is 16.3 Å². The van der Waals surface area contributed by atoms with Gasteiger partial charge in [0.1, 0.15) is 5.82 Å². The highest BCUT2D eigenvalue weighted by Crippen LogP contribution is 2.23. The van der Waals surface area contributed by atoms with Crippen molar-refractivity contribution >= 4 is 23.3 Å². The second kappa shape index (κ2) is 6.59. The van der Waals surface area contributed by atoms with Gasteiger partial charge in [-0.1, -0.05) is 29.3 Å². The lowest BCUT2D eigenvalue weighted by Gasteiger charge is -2.13. The Morgan fingerprint density at radius 2 is 2.10 bits per heavy atom. The molecule has 0 unspecified atom stereocenters. The maximum atomic E-state index is 13.7. The Morgan fingerprint density at radius 3 is 2.76 bits per heavy atom. The van der Waals surface area contributed by atoms with Crippen molar-refractivity contribution in [3.8, 4) is 0 Å². The molecule has 2 aromatic carbocycles. The molecular weight excluding hydrogens is 293 g/mol. The summed E-state index contributed by atoms with van der Waals surface area (Å²) in [6.07, 6.45) is 0. The third-order valence-electron chi connectivity index (χ3n) is 3.10. The number of esters is 1. The van der Waals surface area contributed by atoms with Gasteiger partial charge in [-0.3, -0.25) is 0 Å². The SMILES string of the molecule is COC(=O)c1cc(C)ccc1NCc1c(F)cccc1Cl. The van der Waals surface area contributed by atoms with Gasteiger partial charge in [0.2, 0.25) is 0 Å². The van der Waals surface area contributed by atoms with Gasteiger partial charge in [0, 0.05) is 22.8 Å². The average Bonchev–Trinajstić information content (AvgIpc) is 2.47. The van der Waals surface area contributed by atoms with E-state index in [1.807, 2.05) is 13.0 Å². The van der Waals surface area contributed by atoms with Crippen molar-refractivity contribution in [1.82, 2.24) is 0 Å². The van der Waals surface area contributed by atoms with Crippen molar-refractivity contribution < 1.29 is 13.9 Å². The summed E-state index contributed by atoms with van der Waals surface area (Å²) in [6.45, 7) is 2.06. The van der Waals surface area contributed by atoms with Gasteiger partial charge in [-0.25, -0.2) is 9.18 Å². The van der Waals surface area contributed by atoms with Crippen molar-refractivity contribution in [2.75, 3.05) is 12.4 Å². The molecule has 0 atom stereocenters. The summed E-state index contributed by atoms with van der Waals surface area (Å²) in [5, 5.41) is 3.37. The van der Waals surface area contributed by atoms with Gasteiger partial charge >= 0.3 is 5.97 Å². The van der Waals surface area contributed by atoms with E-state index in [9.17, 15) is 9.18 Å². The minimum Gasteiger partial charge on any atom is -0.465 e. The second-order valence-corrected chi connectivity index (χ2v) is 5.00. The lowest BCUT2D eigenvalue weighted by Crippen LogP contribution is -2.09. The number of nitrogens with one attached hydrogen (secondary N) is 1. The Morgan fingerprint density at radius 1 is 1.33 bits per heavy atom. The standard InChI is InChI=1S/C16H15ClFNO2/c1-10-6-7-15(11(8-10)16(20)21-2)19-9-12-13(17)4-3-5-14(12)18/h3-8,19H,9H2,1-2H3. The van der Waals surface area contributed by atoms with Crippen molar-refractivity contribution in [3.05, 3.63) is 63.9 Å². The molecule has 0 aliphatic heterocycles. The number of ether oxygens (including phenoxy) is 1. The molecule has 0 heterocycles. The molecule has 0 aromatic heterocycles. The lowest BCUT2D eigenvalue weighted by atomic mass is 10.1. The topological polar surface area (TPSA) is 38.3 Å². The summed E-state index contributed by atoms with van der Waals surface area (Å²) >= 11 is 5.98. The molecule has 5 heteroatoms. The predicted molar refractivity (Wildman–Crippen MR) is 81.3 cm³/mol. The van der Waals surface area contributed by atoms with Crippen molar-refractivity contribution in [3.63, 3.8) is 0 Å². The molecule has 0 saturated heterocycles. The Hall–Kier alpha value is -2.07. The molecule has 0 saturated carbocycles. The van der Waals surface area contributed by atoms with Crippen molar-refractivity contribution in [2.45, 2.75) is 13.5 Å². The molecule has 3 nitrogen and oxygen atoms in total. The van der Waals surface area contributed by atoms with Gasteiger partial charge in [0.05, 0.1) is 12.7 Å². The Balaban J connectivity index is 2.26. The van der Waals surface area contributed by atoms with Crippen LogP contribution in [0, 0.1) is 12.7 Å². The maximum absolute atomic E-state index is 13.7. The highest BCUT2D eigenvalue weighted by Gasteiger charge is 2.13. The molecular formula is C16H15ClFNO2. The molecule has 0 spiro atoms. The summed E-state index contributed by atoms with van der Waals surface area (Å²) in [5.41, 5.74) is 2.28. The van der Waals surface area contributed by atoms with E-state index in [1.165, 1.54) is 13.2 Å². The smallest absolute Gasteiger partial charge is 0.339 e. The molecule has 110 valence electrons. The van der Waals surface area contributed by atoms with E-state index in [2.05, 4.69) is 5.32 Å². The zero-order chi connectivity index (χ0) is 15.4. The largest absolute Gasteiger partial charge is 0.465 e. The number of aryl methyl sites for hydroxylation is 1. The molecule has 2 rings (SSSR count). The van der Waals surface area contributed by atoms with Crippen molar-refractivity contribution in [2.24, 2.45) is 0 Å². The summed E-state index contributed by atoms with van der Waals surface area (Å²) < 4.78 is 18.5. The highest BCUT2D eigenvalue weighted by atomic mass is 35.5. The van der Waals surface area contributed by atoms with Crippen LogP contribution in [0.5, 0.6) is 0 Å². The van der Waals surface area contributed by atoms with Crippen LogP contribution >= 0.6 is 11.6 Å². The number of rotatable bonds is 4. The number of carbonyl (C=O) groups excluding carboxylic acids is 1. The fraction of sp³-hybridized carbons (Fsp3) is 0.188. The third-order valence-corrected chi connectivity index (χ3v) is 3.45. The first-order chi connectivity index (χ1) is 10.0. The zero-order valence-corrected chi connectivity index (χ0v) is 12.5. The number of hydrogen-bond donors (Lipinski definition) is 1. The first kappa shape index (κ1) is 15.3. The fourth-order valence-electron chi connectivity index (χ4n) is 1.98. The molecule has 21 heavy (non-hydrogen) atoms. The van der Waals surface area contributed by atoms with Gasteiger partial charge in [0.25, 0.3) is 0 Å².